The molecule has 0 aliphatic carbocycles. The van der Waals surface area contributed by atoms with E-state index in [0.29, 0.717) is 45.6 Å². The van der Waals surface area contributed by atoms with Crippen LogP contribution >= 0.6 is 0 Å². The van der Waals surface area contributed by atoms with Gasteiger partial charge in [-0.1, -0.05) is 51.7 Å². The lowest BCUT2D eigenvalue weighted by molar-refractivity contribution is -0.153. The van der Waals surface area contributed by atoms with E-state index in [1.54, 1.807) is 22.0 Å². The zero-order chi connectivity index (χ0) is 28.6. The van der Waals surface area contributed by atoms with Gasteiger partial charge < -0.3 is 24.5 Å². The van der Waals surface area contributed by atoms with E-state index in [1.165, 1.54) is 0 Å². The van der Waals surface area contributed by atoms with E-state index in [9.17, 15) is 14.4 Å². The van der Waals surface area contributed by atoms with Crippen LogP contribution in [0.2, 0.25) is 0 Å². The van der Waals surface area contributed by atoms with Crippen LogP contribution in [-0.4, -0.2) is 94.1 Å². The van der Waals surface area contributed by atoms with Gasteiger partial charge in [-0.2, -0.15) is 0 Å². The predicted molar refractivity (Wildman–Crippen MR) is 153 cm³/mol. The third-order valence-electron chi connectivity index (χ3n) is 8.93. The van der Waals surface area contributed by atoms with Gasteiger partial charge in [0.2, 0.25) is 17.7 Å². The number of aliphatic hydroxyl groups excluding tert-OH is 1. The first kappa shape index (κ1) is 31.3. The van der Waals surface area contributed by atoms with Crippen LogP contribution in [0.4, 0.5) is 0 Å². The maximum Gasteiger partial charge on any atom is 0.248 e. The Balaban J connectivity index is 1.99. The molecule has 1 N–H and O–H groups in total. The standard InChI is InChI=1S/C31H51N3O5/c1-6-10-13-21-33(20-9-4)29(38)26-31-17-16-30(5,39-31)24(27(36)32(18-7-2)19-8-3)25(31)28(37)34(26)22-14-11-12-15-23-35/h7,9,24-26,35H,2,4,6,8,10-23H2,1,3,5H3/t24-,25+,26?,30+,31?/m1/s1. The van der Waals surface area contributed by atoms with Crippen LogP contribution in [0, 0.1) is 11.8 Å². The number of fused-ring (bicyclic) bond motifs is 1. The first-order chi connectivity index (χ1) is 18.8. The van der Waals surface area contributed by atoms with Gasteiger partial charge in [-0.15, -0.1) is 13.2 Å². The topological polar surface area (TPSA) is 90.4 Å². The third-order valence-corrected chi connectivity index (χ3v) is 8.93. The minimum atomic E-state index is -0.995. The van der Waals surface area contributed by atoms with Crippen molar-refractivity contribution in [2.24, 2.45) is 11.8 Å². The molecule has 2 bridgehead atoms. The molecular weight excluding hydrogens is 494 g/mol. The molecule has 3 aliphatic heterocycles. The van der Waals surface area contributed by atoms with Gasteiger partial charge >= 0.3 is 0 Å². The largest absolute Gasteiger partial charge is 0.396 e. The van der Waals surface area contributed by atoms with Crippen molar-refractivity contribution >= 4 is 17.7 Å². The summed E-state index contributed by atoms with van der Waals surface area (Å²) in [5.74, 6) is -1.57. The van der Waals surface area contributed by atoms with Crippen LogP contribution in [0.25, 0.3) is 0 Å². The fourth-order valence-electron chi connectivity index (χ4n) is 7.16. The predicted octanol–water partition coefficient (Wildman–Crippen LogP) is 3.93. The van der Waals surface area contributed by atoms with Crippen molar-refractivity contribution in [3.05, 3.63) is 25.3 Å². The second-order valence-electron chi connectivity index (χ2n) is 11.7. The highest BCUT2D eigenvalue weighted by Crippen LogP contribution is 2.63. The van der Waals surface area contributed by atoms with E-state index >= 15 is 0 Å². The number of amides is 3. The van der Waals surface area contributed by atoms with Crippen molar-refractivity contribution in [1.29, 1.82) is 0 Å². The summed E-state index contributed by atoms with van der Waals surface area (Å²) in [4.78, 5) is 48.0. The molecule has 3 rings (SSSR count). The lowest BCUT2D eigenvalue weighted by Gasteiger charge is -2.37. The number of carbonyl (C=O) groups is 3. The summed E-state index contributed by atoms with van der Waals surface area (Å²) < 4.78 is 6.80. The number of aliphatic hydroxyl groups is 1. The van der Waals surface area contributed by atoms with Gasteiger partial charge in [0.15, 0.2) is 0 Å². The van der Waals surface area contributed by atoms with E-state index in [4.69, 9.17) is 9.84 Å². The highest BCUT2D eigenvalue weighted by Gasteiger charge is 2.78. The Labute approximate surface area is 235 Å². The summed E-state index contributed by atoms with van der Waals surface area (Å²) >= 11 is 0. The Morgan fingerprint density at radius 1 is 0.974 bits per heavy atom. The molecule has 3 heterocycles. The summed E-state index contributed by atoms with van der Waals surface area (Å²) in [6.45, 7) is 16.5. The van der Waals surface area contributed by atoms with Gasteiger partial charge in [-0.05, 0) is 45.4 Å². The third kappa shape index (κ3) is 6.12. The van der Waals surface area contributed by atoms with Crippen molar-refractivity contribution in [3.63, 3.8) is 0 Å². The maximum absolute atomic E-state index is 14.3. The number of carbonyl (C=O) groups excluding carboxylic acids is 3. The van der Waals surface area contributed by atoms with E-state index < -0.39 is 29.1 Å². The van der Waals surface area contributed by atoms with Crippen LogP contribution in [0.5, 0.6) is 0 Å². The Morgan fingerprint density at radius 3 is 2.26 bits per heavy atom. The highest BCUT2D eigenvalue weighted by atomic mass is 16.5. The van der Waals surface area contributed by atoms with Crippen LogP contribution in [0.15, 0.2) is 25.3 Å². The summed E-state index contributed by atoms with van der Waals surface area (Å²) in [6.07, 6.45) is 11.7. The van der Waals surface area contributed by atoms with E-state index in [2.05, 4.69) is 20.1 Å². The number of rotatable bonds is 18. The average Bonchev–Trinajstić information content (AvgIpc) is 3.48. The van der Waals surface area contributed by atoms with Crippen LogP contribution in [-0.2, 0) is 19.1 Å². The zero-order valence-corrected chi connectivity index (χ0v) is 24.5. The summed E-state index contributed by atoms with van der Waals surface area (Å²) in [6, 6.07) is -0.743. The molecule has 8 heteroatoms. The molecule has 3 fully saturated rings. The van der Waals surface area contributed by atoms with Crippen molar-refractivity contribution in [1.82, 2.24) is 14.7 Å². The Morgan fingerprint density at radius 2 is 1.64 bits per heavy atom. The number of ether oxygens (including phenoxy) is 1. The second-order valence-corrected chi connectivity index (χ2v) is 11.7. The molecule has 0 aromatic rings. The van der Waals surface area contributed by atoms with Gasteiger partial charge in [0, 0.05) is 39.3 Å². The van der Waals surface area contributed by atoms with Crippen LogP contribution in [0.3, 0.4) is 0 Å². The van der Waals surface area contributed by atoms with E-state index in [1.807, 2.05) is 18.7 Å². The summed E-state index contributed by atoms with van der Waals surface area (Å²) in [5, 5.41) is 9.16. The molecule has 3 amide bonds. The lowest BCUT2D eigenvalue weighted by atomic mass is 9.66. The Hall–Kier alpha value is -2.19. The first-order valence-electron chi connectivity index (χ1n) is 15.2. The fourth-order valence-corrected chi connectivity index (χ4v) is 7.16. The highest BCUT2D eigenvalue weighted by molar-refractivity contribution is 5.99. The fraction of sp³-hybridized carbons (Fsp3) is 0.774. The average molecular weight is 546 g/mol. The van der Waals surface area contributed by atoms with Crippen LogP contribution in [0.1, 0.15) is 85.0 Å². The Kier molecular flexibility index (Phi) is 11.2. The molecule has 0 saturated carbocycles. The molecular formula is C31H51N3O5. The molecule has 3 saturated heterocycles. The normalized spacial score (nSPS) is 29.0. The van der Waals surface area contributed by atoms with Crippen molar-refractivity contribution < 1.29 is 24.2 Å². The Bertz CT molecular complexity index is 893. The number of unbranched alkanes of at least 4 members (excludes halogenated alkanes) is 5. The molecule has 2 unspecified atom stereocenters. The van der Waals surface area contributed by atoms with Gasteiger partial charge in [0.05, 0.1) is 17.4 Å². The van der Waals surface area contributed by atoms with Crippen molar-refractivity contribution in [2.75, 3.05) is 39.3 Å². The monoisotopic (exact) mass is 545 g/mol. The zero-order valence-electron chi connectivity index (χ0n) is 24.5. The van der Waals surface area contributed by atoms with Gasteiger partial charge in [-0.25, -0.2) is 0 Å². The number of hydrogen-bond acceptors (Lipinski definition) is 5. The molecule has 1 spiro atoms. The maximum atomic E-state index is 14.3. The molecule has 8 nitrogen and oxygen atoms in total. The SMILES string of the molecule is C=CCN(CCCCC)C(=O)C1N(CCCCCCO)C(=O)[C@@H]2[C@H](C(=O)N(CC=C)CCC)[C@]3(C)CCC12O3. The van der Waals surface area contributed by atoms with Crippen LogP contribution < -0.4 is 0 Å². The minimum absolute atomic E-state index is 0.0685. The smallest absolute Gasteiger partial charge is 0.248 e. The second kappa shape index (κ2) is 13.9. The van der Waals surface area contributed by atoms with Gasteiger partial charge in [0.25, 0.3) is 0 Å². The molecule has 3 aliphatic rings. The lowest BCUT2D eigenvalue weighted by Crippen LogP contribution is -2.56. The van der Waals surface area contributed by atoms with Crippen molar-refractivity contribution in [3.8, 4) is 0 Å². The molecule has 0 aromatic heterocycles. The van der Waals surface area contributed by atoms with Gasteiger partial charge in [0.1, 0.15) is 11.6 Å². The molecule has 0 radical (unpaired) electrons. The quantitative estimate of drug-likeness (QED) is 0.208. The number of nitrogens with zero attached hydrogens (tertiary/aromatic N) is 3. The van der Waals surface area contributed by atoms with Gasteiger partial charge in [-0.3, -0.25) is 14.4 Å². The molecule has 39 heavy (non-hydrogen) atoms. The number of hydrogen-bond donors (Lipinski definition) is 1. The van der Waals surface area contributed by atoms with Crippen molar-refractivity contribution in [2.45, 2.75) is 102 Å². The minimum Gasteiger partial charge on any atom is -0.396 e. The van der Waals surface area contributed by atoms with E-state index in [0.717, 1.165) is 51.4 Å². The molecule has 5 atom stereocenters. The molecule has 220 valence electrons. The molecule has 0 aromatic carbocycles. The summed E-state index contributed by atoms with van der Waals surface area (Å²) in [5.41, 5.74) is -1.77. The number of likely N-dealkylation sites (tertiary alicyclic amines) is 1. The summed E-state index contributed by atoms with van der Waals surface area (Å²) in [7, 11) is 0. The first-order valence-corrected chi connectivity index (χ1v) is 15.2. The van der Waals surface area contributed by atoms with E-state index in [-0.39, 0.29) is 24.3 Å².